The minimum absolute atomic E-state index is 0.179. The number of fused-ring (bicyclic) bond motifs is 1. The average molecular weight is 411 g/mol. The highest BCUT2D eigenvalue weighted by Gasteiger charge is 2.26. The Hall–Kier alpha value is -3.26. The summed E-state index contributed by atoms with van der Waals surface area (Å²) in [5, 5.41) is 7.41. The van der Waals surface area contributed by atoms with Crippen LogP contribution in [0.4, 0.5) is 15.2 Å². The van der Waals surface area contributed by atoms with Crippen LogP contribution in [0.3, 0.4) is 0 Å². The van der Waals surface area contributed by atoms with E-state index in [1.165, 1.54) is 24.3 Å². The number of ether oxygens (including phenoxy) is 1. The zero-order valence-electron chi connectivity index (χ0n) is 15.6. The Kier molecular flexibility index (Phi) is 5.26. The third kappa shape index (κ3) is 4.27. The summed E-state index contributed by atoms with van der Waals surface area (Å²) in [6, 6.07) is 12.1. The highest BCUT2D eigenvalue weighted by molar-refractivity contribution is 7.14. The molecule has 0 bridgehead atoms. The monoisotopic (exact) mass is 411 g/mol. The summed E-state index contributed by atoms with van der Waals surface area (Å²) in [7, 11) is 0. The molecule has 29 heavy (non-hydrogen) atoms. The smallest absolute Gasteiger partial charge is 0.233 e. The fourth-order valence-electron chi connectivity index (χ4n) is 3.16. The Morgan fingerprint density at radius 3 is 2.83 bits per heavy atom. The van der Waals surface area contributed by atoms with Gasteiger partial charge < -0.3 is 15.4 Å². The number of benzene rings is 2. The van der Waals surface area contributed by atoms with Crippen LogP contribution in [0.1, 0.15) is 12.5 Å². The van der Waals surface area contributed by atoms with E-state index in [-0.39, 0.29) is 17.7 Å². The second-order valence-corrected chi connectivity index (χ2v) is 7.58. The normalized spacial score (nSPS) is 15.2. The molecule has 1 aromatic heterocycles. The van der Waals surface area contributed by atoms with Gasteiger partial charge in [0.25, 0.3) is 0 Å². The van der Waals surface area contributed by atoms with Gasteiger partial charge in [-0.2, -0.15) is 0 Å². The molecule has 148 valence electrons. The maximum absolute atomic E-state index is 14.4. The molecular formula is C21H18FN3O3S. The fraction of sp³-hybridized carbons (Fsp3) is 0.190. The van der Waals surface area contributed by atoms with Crippen LogP contribution >= 0.6 is 11.3 Å². The molecule has 2 heterocycles. The molecule has 0 spiro atoms. The van der Waals surface area contributed by atoms with Gasteiger partial charge in [-0.25, -0.2) is 9.37 Å². The first kappa shape index (κ1) is 19.1. The van der Waals surface area contributed by atoms with Gasteiger partial charge in [0.1, 0.15) is 18.2 Å². The minimum Gasteiger partial charge on any atom is -0.492 e. The topological polar surface area (TPSA) is 80.3 Å². The van der Waals surface area contributed by atoms with Gasteiger partial charge in [0.15, 0.2) is 5.13 Å². The summed E-state index contributed by atoms with van der Waals surface area (Å²) in [5.41, 5.74) is 2.09. The number of amides is 2. The number of carbonyl (C=O) groups is 2. The largest absolute Gasteiger partial charge is 0.492 e. The Bertz CT molecular complexity index is 1080. The number of thiazole rings is 1. The van der Waals surface area contributed by atoms with Crippen molar-refractivity contribution in [2.45, 2.75) is 13.3 Å². The van der Waals surface area contributed by atoms with Gasteiger partial charge in [-0.1, -0.05) is 18.2 Å². The first-order valence-corrected chi connectivity index (χ1v) is 9.92. The third-order valence-corrected chi connectivity index (χ3v) is 5.31. The van der Waals surface area contributed by atoms with Gasteiger partial charge in [-0.15, -0.1) is 11.3 Å². The number of hydrogen-bond acceptors (Lipinski definition) is 5. The Morgan fingerprint density at radius 1 is 1.21 bits per heavy atom. The molecule has 0 saturated carbocycles. The van der Waals surface area contributed by atoms with Crippen LogP contribution in [0.2, 0.25) is 0 Å². The van der Waals surface area contributed by atoms with Crippen molar-refractivity contribution < 1.29 is 18.7 Å². The van der Waals surface area contributed by atoms with Gasteiger partial charge in [0, 0.05) is 23.6 Å². The van der Waals surface area contributed by atoms with Crippen LogP contribution in [-0.4, -0.2) is 23.4 Å². The number of aromatic nitrogens is 1. The molecule has 0 aliphatic carbocycles. The Balaban J connectivity index is 1.44. The van der Waals surface area contributed by atoms with Crippen LogP contribution in [0.5, 0.6) is 5.75 Å². The van der Waals surface area contributed by atoms with Crippen molar-refractivity contribution in [1.82, 2.24) is 4.98 Å². The van der Waals surface area contributed by atoms with Crippen LogP contribution in [-0.2, 0) is 16.0 Å². The van der Waals surface area contributed by atoms with Gasteiger partial charge in [0.05, 0.1) is 11.6 Å². The Labute approximate surface area is 170 Å². The van der Waals surface area contributed by atoms with E-state index >= 15 is 0 Å². The standard InChI is InChI=1S/C21H18FN3O3S/c1-12(26)23-15-6-7-16(17(22)9-15)18-11-29-21(24-18)25-20(27)14-8-13-4-2-3-5-19(13)28-10-14/h2-7,9,11,14H,8,10H2,1H3,(H,23,26)(H,24,25,27). The lowest BCUT2D eigenvalue weighted by molar-refractivity contribution is -0.121. The minimum atomic E-state index is -0.503. The number of hydrogen-bond donors (Lipinski definition) is 2. The number of rotatable bonds is 4. The lowest BCUT2D eigenvalue weighted by atomic mass is 9.96. The molecule has 3 aromatic rings. The van der Waals surface area contributed by atoms with Crippen molar-refractivity contribution in [3.63, 3.8) is 0 Å². The SMILES string of the molecule is CC(=O)Nc1ccc(-c2csc(NC(=O)C3COc4ccccc4C3)n2)c(F)c1. The van der Waals surface area contributed by atoms with Gasteiger partial charge in [-0.3, -0.25) is 9.59 Å². The molecular weight excluding hydrogens is 393 g/mol. The number of halogens is 1. The molecule has 2 amide bonds. The molecule has 0 saturated heterocycles. The molecule has 0 radical (unpaired) electrons. The molecule has 2 aromatic carbocycles. The summed E-state index contributed by atoms with van der Waals surface area (Å²) in [4.78, 5) is 28.0. The van der Waals surface area contributed by atoms with Crippen molar-refractivity contribution in [2.75, 3.05) is 17.2 Å². The molecule has 1 atom stereocenters. The quantitative estimate of drug-likeness (QED) is 0.677. The maximum Gasteiger partial charge on any atom is 0.233 e. The van der Waals surface area contributed by atoms with Crippen molar-refractivity contribution in [2.24, 2.45) is 5.92 Å². The molecule has 1 aliphatic heterocycles. The Morgan fingerprint density at radius 2 is 2.03 bits per heavy atom. The van der Waals surface area contributed by atoms with E-state index in [0.717, 1.165) is 11.3 Å². The number of nitrogens with one attached hydrogen (secondary N) is 2. The van der Waals surface area contributed by atoms with Crippen LogP contribution in [0.15, 0.2) is 47.8 Å². The van der Waals surface area contributed by atoms with Crippen LogP contribution < -0.4 is 15.4 Å². The molecule has 4 rings (SSSR count). The van der Waals surface area contributed by atoms with Crippen molar-refractivity contribution >= 4 is 34.0 Å². The zero-order chi connectivity index (χ0) is 20.4. The summed E-state index contributed by atoms with van der Waals surface area (Å²) < 4.78 is 20.1. The number of para-hydroxylation sites is 1. The molecule has 1 aliphatic rings. The lowest BCUT2D eigenvalue weighted by Crippen LogP contribution is -2.32. The first-order valence-electron chi connectivity index (χ1n) is 9.04. The van der Waals surface area contributed by atoms with E-state index in [9.17, 15) is 14.0 Å². The number of carbonyl (C=O) groups excluding carboxylic acids is 2. The fourth-order valence-corrected chi connectivity index (χ4v) is 3.88. The predicted octanol–water partition coefficient (Wildman–Crippen LogP) is 4.10. The summed E-state index contributed by atoms with van der Waals surface area (Å²) >= 11 is 1.23. The van der Waals surface area contributed by atoms with Crippen LogP contribution in [0.25, 0.3) is 11.3 Å². The first-order chi connectivity index (χ1) is 14.0. The van der Waals surface area contributed by atoms with E-state index in [2.05, 4.69) is 15.6 Å². The molecule has 6 nitrogen and oxygen atoms in total. The van der Waals surface area contributed by atoms with Gasteiger partial charge >= 0.3 is 0 Å². The lowest BCUT2D eigenvalue weighted by Gasteiger charge is -2.24. The molecule has 0 fully saturated rings. The number of nitrogens with zero attached hydrogens (tertiary/aromatic N) is 1. The molecule has 2 N–H and O–H groups in total. The maximum atomic E-state index is 14.4. The summed E-state index contributed by atoms with van der Waals surface area (Å²) in [5.74, 6) is -0.457. The van der Waals surface area contributed by atoms with Crippen LogP contribution in [0, 0.1) is 11.7 Å². The van der Waals surface area contributed by atoms with E-state index < -0.39 is 5.82 Å². The van der Waals surface area contributed by atoms with E-state index in [0.29, 0.717) is 35.1 Å². The predicted molar refractivity (Wildman–Crippen MR) is 110 cm³/mol. The van der Waals surface area contributed by atoms with Gasteiger partial charge in [-0.05, 0) is 36.2 Å². The second-order valence-electron chi connectivity index (χ2n) is 6.72. The highest BCUT2D eigenvalue weighted by atomic mass is 32.1. The van der Waals surface area contributed by atoms with E-state index in [1.807, 2.05) is 24.3 Å². The van der Waals surface area contributed by atoms with Crippen molar-refractivity contribution in [1.29, 1.82) is 0 Å². The zero-order valence-corrected chi connectivity index (χ0v) is 16.4. The van der Waals surface area contributed by atoms with E-state index in [1.54, 1.807) is 17.5 Å². The van der Waals surface area contributed by atoms with E-state index in [4.69, 9.17) is 4.74 Å². The highest BCUT2D eigenvalue weighted by Crippen LogP contribution is 2.30. The van der Waals surface area contributed by atoms with Gasteiger partial charge in [0.2, 0.25) is 11.8 Å². The molecule has 1 unspecified atom stereocenters. The summed E-state index contributed by atoms with van der Waals surface area (Å²) in [6.07, 6.45) is 0.597. The molecule has 8 heteroatoms. The van der Waals surface area contributed by atoms with Crippen molar-refractivity contribution in [3.8, 4) is 17.0 Å². The summed E-state index contributed by atoms with van der Waals surface area (Å²) in [6.45, 7) is 1.66. The van der Waals surface area contributed by atoms with Crippen molar-refractivity contribution in [3.05, 3.63) is 59.2 Å². The average Bonchev–Trinajstić information content (AvgIpc) is 3.15. The number of anilines is 2. The third-order valence-electron chi connectivity index (χ3n) is 4.55. The second kappa shape index (κ2) is 8.00.